The van der Waals surface area contributed by atoms with Crippen LogP contribution in [-0.2, 0) is 4.74 Å². The second kappa shape index (κ2) is 5.01. The molecule has 1 aromatic carbocycles. The van der Waals surface area contributed by atoms with Crippen LogP contribution in [0.3, 0.4) is 0 Å². The van der Waals surface area contributed by atoms with Gasteiger partial charge in [-0.15, -0.1) is 0 Å². The summed E-state index contributed by atoms with van der Waals surface area (Å²) in [6.45, 7) is 4.31. The van der Waals surface area contributed by atoms with E-state index in [1.807, 2.05) is 19.9 Å². The maximum atomic E-state index is 14.1. The lowest BCUT2D eigenvalue weighted by atomic mass is 10.0. The number of ether oxygens (including phenoxy) is 1. The van der Waals surface area contributed by atoms with E-state index in [0.29, 0.717) is 23.5 Å². The van der Waals surface area contributed by atoms with E-state index in [2.05, 4.69) is 10.3 Å². The van der Waals surface area contributed by atoms with Crippen LogP contribution in [-0.4, -0.2) is 24.2 Å². The number of fused-ring (bicyclic) bond motifs is 1. The second-order valence-electron chi connectivity index (χ2n) is 5.16. The average Bonchev–Trinajstić information content (AvgIpc) is 2.34. The lowest BCUT2D eigenvalue weighted by Crippen LogP contribution is -2.36. The summed E-state index contributed by atoms with van der Waals surface area (Å²) in [6, 6.07) is 4.92. The van der Waals surface area contributed by atoms with E-state index >= 15 is 0 Å². The van der Waals surface area contributed by atoms with Crippen molar-refractivity contribution in [1.29, 1.82) is 0 Å². The van der Waals surface area contributed by atoms with Crippen molar-refractivity contribution in [2.24, 2.45) is 0 Å². The molecule has 0 aliphatic rings. The fourth-order valence-electron chi connectivity index (χ4n) is 2.09. The zero-order chi connectivity index (χ0) is 14.0. The van der Waals surface area contributed by atoms with Crippen LogP contribution < -0.4 is 11.1 Å². The minimum atomic E-state index is -0.409. The maximum absolute atomic E-state index is 14.1. The van der Waals surface area contributed by atoms with Gasteiger partial charge in [-0.3, -0.25) is 4.98 Å². The molecule has 0 unspecified atom stereocenters. The molecule has 2 aromatic rings. The van der Waals surface area contributed by atoms with Gasteiger partial charge in [0.2, 0.25) is 0 Å². The third-order valence-electron chi connectivity index (χ3n) is 2.85. The molecule has 0 aliphatic carbocycles. The van der Waals surface area contributed by atoms with Gasteiger partial charge in [0.15, 0.2) is 5.82 Å². The Morgan fingerprint density at radius 3 is 2.89 bits per heavy atom. The number of nitrogens with zero attached hydrogens (tertiary/aromatic N) is 1. The summed E-state index contributed by atoms with van der Waals surface area (Å²) in [6.07, 6.45) is 1.62. The largest absolute Gasteiger partial charge is 0.398 e. The second-order valence-corrected chi connectivity index (χ2v) is 5.16. The molecular formula is C14H18FN3O. The van der Waals surface area contributed by atoms with Crippen LogP contribution in [0.2, 0.25) is 0 Å². The normalized spacial score (nSPS) is 11.8. The van der Waals surface area contributed by atoms with Gasteiger partial charge in [-0.2, -0.15) is 0 Å². The minimum Gasteiger partial charge on any atom is -0.398 e. The fraction of sp³-hybridized carbons (Fsp3) is 0.357. The molecule has 102 valence electrons. The van der Waals surface area contributed by atoms with Crippen molar-refractivity contribution >= 4 is 22.3 Å². The van der Waals surface area contributed by atoms with Gasteiger partial charge in [-0.1, -0.05) is 0 Å². The smallest absolute Gasteiger partial charge is 0.150 e. The molecule has 0 bridgehead atoms. The molecule has 2 rings (SSSR count). The van der Waals surface area contributed by atoms with Crippen molar-refractivity contribution in [2.45, 2.75) is 19.4 Å². The standard InChI is InChI=1S/C14H18FN3O/c1-14(2,8-19-3)18-13-10(15)7-11(16)9-5-4-6-17-12(9)13/h4-7,18H,8,16H2,1-3H3. The summed E-state index contributed by atoms with van der Waals surface area (Å²) in [5.41, 5.74) is 6.68. The number of nitrogens with two attached hydrogens (primary N) is 1. The number of nitrogens with one attached hydrogen (secondary N) is 1. The Bertz CT molecular complexity index is 599. The highest BCUT2D eigenvalue weighted by molar-refractivity contribution is 5.98. The molecule has 3 N–H and O–H groups in total. The Morgan fingerprint density at radius 2 is 2.21 bits per heavy atom. The predicted molar refractivity (Wildman–Crippen MR) is 75.7 cm³/mol. The average molecular weight is 263 g/mol. The Kier molecular flexibility index (Phi) is 3.57. The Balaban J connectivity index is 2.54. The van der Waals surface area contributed by atoms with Gasteiger partial charge in [0.05, 0.1) is 23.3 Å². The molecule has 4 nitrogen and oxygen atoms in total. The number of hydrogen-bond donors (Lipinski definition) is 2. The van der Waals surface area contributed by atoms with Gasteiger partial charge < -0.3 is 15.8 Å². The highest BCUT2D eigenvalue weighted by atomic mass is 19.1. The summed E-state index contributed by atoms with van der Waals surface area (Å²) in [5, 5.41) is 3.88. The molecule has 0 spiro atoms. The predicted octanol–water partition coefficient (Wildman–Crippen LogP) is 2.79. The SMILES string of the molecule is COCC(C)(C)Nc1c(F)cc(N)c2cccnc12. The molecule has 1 heterocycles. The molecule has 5 heteroatoms. The Hall–Kier alpha value is -1.88. The van der Waals surface area contributed by atoms with Gasteiger partial charge in [-0.25, -0.2) is 4.39 Å². The number of methoxy groups -OCH3 is 1. The monoisotopic (exact) mass is 263 g/mol. The first-order valence-corrected chi connectivity index (χ1v) is 6.04. The Labute approximate surface area is 111 Å². The van der Waals surface area contributed by atoms with Crippen molar-refractivity contribution in [3.8, 4) is 0 Å². The first-order chi connectivity index (χ1) is 8.94. The highest BCUT2D eigenvalue weighted by Gasteiger charge is 2.21. The number of pyridine rings is 1. The highest BCUT2D eigenvalue weighted by Crippen LogP contribution is 2.31. The Morgan fingerprint density at radius 1 is 1.47 bits per heavy atom. The molecule has 0 radical (unpaired) electrons. The maximum Gasteiger partial charge on any atom is 0.150 e. The van der Waals surface area contributed by atoms with Crippen LogP contribution in [0.25, 0.3) is 10.9 Å². The summed E-state index contributed by atoms with van der Waals surface area (Å²) in [4.78, 5) is 4.22. The molecule has 0 aliphatic heterocycles. The summed E-state index contributed by atoms with van der Waals surface area (Å²) in [7, 11) is 1.61. The number of anilines is 2. The van der Waals surface area contributed by atoms with Crippen LogP contribution in [0.1, 0.15) is 13.8 Å². The molecule has 0 amide bonds. The summed E-state index contributed by atoms with van der Waals surface area (Å²) in [5.74, 6) is -0.409. The number of aromatic nitrogens is 1. The zero-order valence-corrected chi connectivity index (χ0v) is 11.3. The number of halogens is 1. The first-order valence-electron chi connectivity index (χ1n) is 6.04. The number of benzene rings is 1. The molecule has 1 aromatic heterocycles. The van der Waals surface area contributed by atoms with Crippen LogP contribution >= 0.6 is 0 Å². The van der Waals surface area contributed by atoms with Crippen molar-refractivity contribution in [3.63, 3.8) is 0 Å². The van der Waals surface area contributed by atoms with Crippen molar-refractivity contribution in [1.82, 2.24) is 4.98 Å². The van der Waals surface area contributed by atoms with E-state index in [4.69, 9.17) is 10.5 Å². The summed E-state index contributed by atoms with van der Waals surface area (Å²) >= 11 is 0. The van der Waals surface area contributed by atoms with E-state index in [0.717, 1.165) is 5.39 Å². The number of rotatable bonds is 4. The van der Waals surface area contributed by atoms with E-state index < -0.39 is 11.4 Å². The van der Waals surface area contributed by atoms with E-state index in [9.17, 15) is 4.39 Å². The molecule has 19 heavy (non-hydrogen) atoms. The molecule has 0 saturated heterocycles. The first kappa shape index (κ1) is 13.5. The van der Waals surface area contributed by atoms with Crippen LogP contribution in [0.15, 0.2) is 24.4 Å². The molecular weight excluding hydrogens is 245 g/mol. The number of nitrogen functional groups attached to an aromatic ring is 1. The van der Waals surface area contributed by atoms with Gasteiger partial charge in [-0.05, 0) is 32.0 Å². The lowest BCUT2D eigenvalue weighted by Gasteiger charge is -2.27. The van der Waals surface area contributed by atoms with Crippen LogP contribution in [0.5, 0.6) is 0 Å². The van der Waals surface area contributed by atoms with E-state index in [1.165, 1.54) is 6.07 Å². The van der Waals surface area contributed by atoms with Crippen molar-refractivity contribution < 1.29 is 9.13 Å². The topological polar surface area (TPSA) is 60.2 Å². The van der Waals surface area contributed by atoms with E-state index in [1.54, 1.807) is 19.4 Å². The van der Waals surface area contributed by atoms with Gasteiger partial charge in [0.25, 0.3) is 0 Å². The molecule has 0 fully saturated rings. The van der Waals surface area contributed by atoms with Gasteiger partial charge >= 0.3 is 0 Å². The lowest BCUT2D eigenvalue weighted by molar-refractivity contribution is 0.158. The zero-order valence-electron chi connectivity index (χ0n) is 11.3. The molecule has 0 saturated carbocycles. The van der Waals surface area contributed by atoms with E-state index in [-0.39, 0.29) is 0 Å². The van der Waals surface area contributed by atoms with Crippen LogP contribution in [0.4, 0.5) is 15.8 Å². The van der Waals surface area contributed by atoms with Gasteiger partial charge in [0, 0.05) is 24.4 Å². The number of hydrogen-bond acceptors (Lipinski definition) is 4. The quantitative estimate of drug-likeness (QED) is 0.833. The third kappa shape index (κ3) is 2.76. The molecule has 0 atom stereocenters. The van der Waals surface area contributed by atoms with Gasteiger partial charge in [0.1, 0.15) is 0 Å². The van der Waals surface area contributed by atoms with Crippen molar-refractivity contribution in [2.75, 3.05) is 24.8 Å². The summed E-state index contributed by atoms with van der Waals surface area (Å²) < 4.78 is 19.3. The minimum absolute atomic E-state index is 0.354. The third-order valence-corrected chi connectivity index (χ3v) is 2.85. The van der Waals surface area contributed by atoms with Crippen LogP contribution in [0, 0.1) is 5.82 Å². The fourth-order valence-corrected chi connectivity index (χ4v) is 2.09. The van der Waals surface area contributed by atoms with Crippen molar-refractivity contribution in [3.05, 3.63) is 30.2 Å².